The van der Waals surface area contributed by atoms with Gasteiger partial charge < -0.3 is 9.47 Å². The van der Waals surface area contributed by atoms with E-state index < -0.39 is 5.97 Å². The molecule has 0 atom stereocenters. The van der Waals surface area contributed by atoms with Gasteiger partial charge in [-0.1, -0.05) is 41.1 Å². The van der Waals surface area contributed by atoms with E-state index in [9.17, 15) is 9.59 Å². The number of halogens is 1. The van der Waals surface area contributed by atoms with Gasteiger partial charge in [0.25, 0.3) is 0 Å². The van der Waals surface area contributed by atoms with Crippen LogP contribution in [0.5, 0.6) is 5.75 Å². The molecule has 2 aromatic carbocycles. The average Bonchev–Trinajstić information content (AvgIpc) is 2.98. The Balaban J connectivity index is 1.77. The van der Waals surface area contributed by atoms with Gasteiger partial charge in [0.05, 0.1) is 0 Å². The van der Waals surface area contributed by atoms with Crippen molar-refractivity contribution in [3.8, 4) is 5.75 Å². The van der Waals surface area contributed by atoms with Crippen LogP contribution in [0.2, 0.25) is 0 Å². The van der Waals surface area contributed by atoms with E-state index in [0.29, 0.717) is 17.7 Å². The Bertz CT molecular complexity index is 900. The zero-order chi connectivity index (χ0) is 18.5. The van der Waals surface area contributed by atoms with E-state index in [1.807, 2.05) is 31.2 Å². The van der Waals surface area contributed by atoms with E-state index in [2.05, 4.69) is 20.9 Å². The number of cyclic esters (lactones) is 1. The van der Waals surface area contributed by atoms with Crippen molar-refractivity contribution >= 4 is 39.8 Å². The molecule has 0 saturated heterocycles. The second kappa shape index (κ2) is 8.10. The summed E-state index contributed by atoms with van der Waals surface area (Å²) in [4.78, 5) is 27.8. The van der Waals surface area contributed by atoms with E-state index in [0.717, 1.165) is 16.5 Å². The van der Waals surface area contributed by atoms with Crippen molar-refractivity contribution < 1.29 is 19.1 Å². The molecule has 26 heavy (non-hydrogen) atoms. The molecule has 1 aliphatic rings. The number of nitrogens with zero attached hydrogens (tertiary/aromatic N) is 1. The molecular formula is C20H16BrNO4. The normalized spacial score (nSPS) is 14.9. The van der Waals surface area contributed by atoms with Crippen LogP contribution in [-0.2, 0) is 14.3 Å². The zero-order valence-corrected chi connectivity index (χ0v) is 15.7. The molecule has 0 radical (unpaired) electrons. The van der Waals surface area contributed by atoms with Gasteiger partial charge in [-0.3, -0.25) is 4.79 Å². The van der Waals surface area contributed by atoms with Crippen molar-refractivity contribution in [1.29, 1.82) is 0 Å². The van der Waals surface area contributed by atoms with Gasteiger partial charge in [0.15, 0.2) is 5.70 Å². The summed E-state index contributed by atoms with van der Waals surface area (Å²) < 4.78 is 11.3. The van der Waals surface area contributed by atoms with E-state index >= 15 is 0 Å². The van der Waals surface area contributed by atoms with Gasteiger partial charge in [-0.15, -0.1) is 0 Å². The predicted molar refractivity (Wildman–Crippen MR) is 102 cm³/mol. The molecule has 0 spiro atoms. The Hall–Kier alpha value is -2.73. The molecule has 0 aromatic heterocycles. The summed E-state index contributed by atoms with van der Waals surface area (Å²) in [5.74, 6) is -0.0229. The third-order valence-corrected chi connectivity index (χ3v) is 4.05. The molecule has 3 rings (SSSR count). The third kappa shape index (κ3) is 4.46. The average molecular weight is 414 g/mol. The molecule has 6 heteroatoms. The van der Waals surface area contributed by atoms with E-state index in [4.69, 9.17) is 9.47 Å². The maximum Gasteiger partial charge on any atom is 0.363 e. The summed E-state index contributed by atoms with van der Waals surface area (Å²) in [5.41, 5.74) is 1.69. The topological polar surface area (TPSA) is 65.0 Å². The minimum Gasteiger partial charge on any atom is -0.427 e. The summed E-state index contributed by atoms with van der Waals surface area (Å²) in [6.07, 6.45) is 2.75. The highest BCUT2D eigenvalue weighted by molar-refractivity contribution is 9.10. The standard InChI is InChI=1S/C20H16BrNO4/c1-2-4-18(23)25-16-9-7-13(8-10-16)11-17-20(24)26-19(22-17)14-5-3-6-15(21)12-14/h3,5-12H,2,4H2,1H3/b17-11-. The molecular weight excluding hydrogens is 398 g/mol. The van der Waals surface area contributed by atoms with Crippen LogP contribution in [0.15, 0.2) is 63.7 Å². The number of carbonyl (C=O) groups excluding carboxylic acids is 2. The largest absolute Gasteiger partial charge is 0.427 e. The molecule has 1 heterocycles. The van der Waals surface area contributed by atoms with Crippen LogP contribution in [0.3, 0.4) is 0 Å². The minimum absolute atomic E-state index is 0.218. The van der Waals surface area contributed by atoms with Crippen LogP contribution in [0.1, 0.15) is 30.9 Å². The molecule has 0 aliphatic carbocycles. The summed E-state index contributed by atoms with van der Waals surface area (Å²) in [5, 5.41) is 0. The highest BCUT2D eigenvalue weighted by Gasteiger charge is 2.24. The summed E-state index contributed by atoms with van der Waals surface area (Å²) in [6.45, 7) is 1.92. The van der Waals surface area contributed by atoms with Gasteiger partial charge in [0.2, 0.25) is 5.90 Å². The highest BCUT2D eigenvalue weighted by Crippen LogP contribution is 2.22. The third-order valence-electron chi connectivity index (χ3n) is 3.56. The first-order valence-electron chi connectivity index (χ1n) is 8.14. The molecule has 2 aromatic rings. The van der Waals surface area contributed by atoms with Gasteiger partial charge in [0.1, 0.15) is 5.75 Å². The monoisotopic (exact) mass is 413 g/mol. The number of aliphatic imine (C=N–C) groups is 1. The Morgan fingerprint density at radius 2 is 2.00 bits per heavy atom. The van der Waals surface area contributed by atoms with Crippen LogP contribution in [0.25, 0.3) is 6.08 Å². The first-order chi connectivity index (χ1) is 12.5. The molecule has 0 unspecified atom stereocenters. The summed E-state index contributed by atoms with van der Waals surface area (Å²) in [7, 11) is 0. The molecule has 0 bridgehead atoms. The highest BCUT2D eigenvalue weighted by atomic mass is 79.9. The number of rotatable bonds is 5. The Labute approximate surface area is 159 Å². The van der Waals surface area contributed by atoms with Crippen LogP contribution in [-0.4, -0.2) is 17.8 Å². The maximum absolute atomic E-state index is 12.0. The lowest BCUT2D eigenvalue weighted by molar-refractivity contribution is -0.134. The lowest BCUT2D eigenvalue weighted by Gasteiger charge is -2.03. The quantitative estimate of drug-likeness (QED) is 0.411. The molecule has 5 nitrogen and oxygen atoms in total. The Morgan fingerprint density at radius 3 is 2.69 bits per heavy atom. The predicted octanol–water partition coefficient (Wildman–Crippen LogP) is 4.50. The maximum atomic E-state index is 12.0. The molecule has 0 amide bonds. The van der Waals surface area contributed by atoms with Gasteiger partial charge >= 0.3 is 11.9 Å². The number of hydrogen-bond acceptors (Lipinski definition) is 5. The van der Waals surface area contributed by atoms with Crippen molar-refractivity contribution in [2.75, 3.05) is 0 Å². The Morgan fingerprint density at radius 1 is 1.23 bits per heavy atom. The molecule has 0 N–H and O–H groups in total. The second-order valence-corrected chi connectivity index (χ2v) is 6.56. The molecule has 1 aliphatic heterocycles. The SMILES string of the molecule is CCCC(=O)Oc1ccc(/C=C2\N=C(c3cccc(Br)c3)OC2=O)cc1. The molecule has 0 saturated carbocycles. The minimum atomic E-state index is -0.501. The van der Waals surface area contributed by atoms with Crippen LogP contribution < -0.4 is 4.74 Å². The zero-order valence-electron chi connectivity index (χ0n) is 14.1. The van der Waals surface area contributed by atoms with E-state index in [1.54, 1.807) is 30.3 Å². The van der Waals surface area contributed by atoms with Crippen LogP contribution in [0, 0.1) is 0 Å². The van der Waals surface area contributed by atoms with Crippen molar-refractivity contribution in [1.82, 2.24) is 0 Å². The van der Waals surface area contributed by atoms with E-state index in [-0.39, 0.29) is 17.6 Å². The van der Waals surface area contributed by atoms with Crippen molar-refractivity contribution in [2.45, 2.75) is 19.8 Å². The number of benzene rings is 2. The van der Waals surface area contributed by atoms with Gasteiger partial charge in [0, 0.05) is 16.5 Å². The lowest BCUT2D eigenvalue weighted by atomic mass is 10.2. The van der Waals surface area contributed by atoms with Gasteiger partial charge in [-0.25, -0.2) is 9.79 Å². The number of ether oxygens (including phenoxy) is 2. The fourth-order valence-electron chi connectivity index (χ4n) is 2.33. The first-order valence-corrected chi connectivity index (χ1v) is 8.93. The van der Waals surface area contributed by atoms with Crippen molar-refractivity contribution in [3.63, 3.8) is 0 Å². The molecule has 0 fully saturated rings. The van der Waals surface area contributed by atoms with Gasteiger partial charge in [-0.05, 0) is 48.4 Å². The van der Waals surface area contributed by atoms with Gasteiger partial charge in [-0.2, -0.15) is 0 Å². The fraction of sp³-hybridized carbons (Fsp3) is 0.150. The smallest absolute Gasteiger partial charge is 0.363 e. The van der Waals surface area contributed by atoms with Crippen LogP contribution in [0.4, 0.5) is 0 Å². The fourth-order valence-corrected chi connectivity index (χ4v) is 2.73. The summed E-state index contributed by atoms with van der Waals surface area (Å²) in [6, 6.07) is 14.2. The van der Waals surface area contributed by atoms with Crippen molar-refractivity contribution in [2.24, 2.45) is 4.99 Å². The number of carbonyl (C=O) groups is 2. The van der Waals surface area contributed by atoms with E-state index in [1.165, 1.54) is 0 Å². The first kappa shape index (κ1) is 18.1. The number of esters is 2. The number of hydrogen-bond donors (Lipinski definition) is 0. The Kier molecular flexibility index (Phi) is 5.63. The second-order valence-electron chi connectivity index (χ2n) is 5.64. The molecule has 132 valence electrons. The lowest BCUT2D eigenvalue weighted by Crippen LogP contribution is -2.06. The van der Waals surface area contributed by atoms with Crippen molar-refractivity contribution in [3.05, 3.63) is 69.8 Å². The summed E-state index contributed by atoms with van der Waals surface area (Å²) >= 11 is 3.38. The van der Waals surface area contributed by atoms with Crippen LogP contribution >= 0.6 is 15.9 Å².